The third kappa shape index (κ3) is 6.92. The van der Waals surface area contributed by atoms with E-state index in [0.717, 1.165) is 11.3 Å². The maximum absolute atomic E-state index is 12.0. The molecule has 0 aliphatic heterocycles. The van der Waals surface area contributed by atoms with E-state index in [1.807, 2.05) is 6.07 Å². The van der Waals surface area contributed by atoms with Crippen molar-refractivity contribution < 1.29 is 19.4 Å². The summed E-state index contributed by atoms with van der Waals surface area (Å²) >= 11 is 0. The van der Waals surface area contributed by atoms with Gasteiger partial charge in [0, 0.05) is 19.3 Å². The maximum Gasteiger partial charge on any atom is 0.263 e. The molecule has 1 amide bonds. The molecule has 7 heteroatoms. The fourth-order valence-electron chi connectivity index (χ4n) is 2.30. The van der Waals surface area contributed by atoms with Crippen LogP contribution in [0.5, 0.6) is 17.2 Å². The Bertz CT molecular complexity index is 824. The van der Waals surface area contributed by atoms with Gasteiger partial charge < -0.3 is 25.2 Å². The molecule has 28 heavy (non-hydrogen) atoms. The van der Waals surface area contributed by atoms with Crippen molar-refractivity contribution in [2.45, 2.75) is 6.42 Å². The van der Waals surface area contributed by atoms with Crippen LogP contribution in [-0.4, -0.2) is 37.8 Å². The van der Waals surface area contributed by atoms with Gasteiger partial charge in [0.1, 0.15) is 35.5 Å². The van der Waals surface area contributed by atoms with E-state index in [4.69, 9.17) is 14.7 Å². The number of phenols is 1. The summed E-state index contributed by atoms with van der Waals surface area (Å²) in [5, 5.41) is 24.0. The van der Waals surface area contributed by atoms with Gasteiger partial charge in [0.15, 0.2) is 0 Å². The van der Waals surface area contributed by atoms with E-state index in [1.54, 1.807) is 55.6 Å². The lowest BCUT2D eigenvalue weighted by Gasteiger charge is -2.08. The first-order valence-electron chi connectivity index (χ1n) is 8.79. The number of hydrogen-bond donors (Lipinski definition) is 3. The molecule has 0 bridgehead atoms. The molecule has 2 aromatic rings. The van der Waals surface area contributed by atoms with Gasteiger partial charge in [0.2, 0.25) is 0 Å². The number of rotatable bonds is 10. The first kappa shape index (κ1) is 20.6. The minimum Gasteiger partial charge on any atom is -0.508 e. The summed E-state index contributed by atoms with van der Waals surface area (Å²) in [4.78, 5) is 12.0. The molecule has 0 aromatic heterocycles. The first-order chi connectivity index (χ1) is 13.6. The van der Waals surface area contributed by atoms with Crippen LogP contribution in [0.25, 0.3) is 0 Å². The molecule has 0 saturated heterocycles. The van der Waals surface area contributed by atoms with E-state index in [0.29, 0.717) is 31.9 Å². The van der Waals surface area contributed by atoms with E-state index in [-0.39, 0.29) is 11.3 Å². The van der Waals surface area contributed by atoms with Crippen LogP contribution in [0.4, 0.5) is 0 Å². The van der Waals surface area contributed by atoms with Crippen LogP contribution in [0.3, 0.4) is 0 Å². The van der Waals surface area contributed by atoms with Crippen LogP contribution < -0.4 is 20.1 Å². The third-order valence-corrected chi connectivity index (χ3v) is 3.82. The highest BCUT2D eigenvalue weighted by Crippen LogP contribution is 2.16. The molecule has 0 atom stereocenters. The molecule has 0 spiro atoms. The summed E-state index contributed by atoms with van der Waals surface area (Å²) in [6.07, 6.45) is 1.99. The Morgan fingerprint density at radius 2 is 1.79 bits per heavy atom. The van der Waals surface area contributed by atoms with Crippen LogP contribution in [0.2, 0.25) is 0 Å². The number of amides is 1. The second kappa shape index (κ2) is 11.1. The predicted molar refractivity (Wildman–Crippen MR) is 105 cm³/mol. The lowest BCUT2D eigenvalue weighted by molar-refractivity contribution is -0.117. The number of nitrogens with zero attached hydrogens (tertiary/aromatic N) is 1. The van der Waals surface area contributed by atoms with Crippen LogP contribution in [0, 0.1) is 11.3 Å². The lowest BCUT2D eigenvalue weighted by atomic mass is 10.1. The first-order valence-corrected chi connectivity index (χ1v) is 8.79. The van der Waals surface area contributed by atoms with Crippen molar-refractivity contribution in [1.82, 2.24) is 10.6 Å². The zero-order valence-electron chi connectivity index (χ0n) is 15.6. The molecule has 3 N–H and O–H groups in total. The summed E-state index contributed by atoms with van der Waals surface area (Å²) in [7, 11) is 1.60. The summed E-state index contributed by atoms with van der Waals surface area (Å²) in [5.74, 6) is 1.22. The van der Waals surface area contributed by atoms with Gasteiger partial charge in [0.25, 0.3) is 5.91 Å². The molecular weight excluding hydrogens is 358 g/mol. The van der Waals surface area contributed by atoms with Gasteiger partial charge in [-0.05, 0) is 48.4 Å². The third-order valence-electron chi connectivity index (χ3n) is 3.82. The fourth-order valence-corrected chi connectivity index (χ4v) is 2.30. The van der Waals surface area contributed by atoms with Crippen molar-refractivity contribution >= 4 is 5.91 Å². The van der Waals surface area contributed by atoms with Gasteiger partial charge in [-0.2, -0.15) is 5.26 Å². The SMILES string of the molecule is COc1ccc(OCCN/C=C(/C#N)C(=O)NCCc2ccc(O)cc2)cc1. The standard InChI is InChI=1S/C21H23N3O4/c1-27-19-6-8-20(9-7-19)28-13-12-23-15-17(14-22)21(26)24-11-10-16-2-4-18(25)5-3-16/h2-9,15,23,25H,10-13H2,1H3,(H,24,26)/b17-15-. The molecule has 0 aliphatic carbocycles. The average Bonchev–Trinajstić information content (AvgIpc) is 2.72. The van der Waals surface area contributed by atoms with Crippen molar-refractivity contribution in [2.24, 2.45) is 0 Å². The van der Waals surface area contributed by atoms with E-state index >= 15 is 0 Å². The zero-order chi connectivity index (χ0) is 20.2. The Balaban J connectivity index is 1.69. The van der Waals surface area contributed by atoms with Crippen molar-refractivity contribution in [3.05, 3.63) is 65.9 Å². The van der Waals surface area contributed by atoms with Gasteiger partial charge in [-0.25, -0.2) is 0 Å². The van der Waals surface area contributed by atoms with Crippen molar-refractivity contribution in [2.75, 3.05) is 26.8 Å². The largest absolute Gasteiger partial charge is 0.508 e. The molecule has 0 heterocycles. The Kier molecular flexibility index (Phi) is 8.21. The monoisotopic (exact) mass is 381 g/mol. The maximum atomic E-state index is 12.0. The molecule has 0 fully saturated rings. The smallest absolute Gasteiger partial charge is 0.263 e. The van der Waals surface area contributed by atoms with Crippen LogP contribution >= 0.6 is 0 Å². The van der Waals surface area contributed by atoms with Gasteiger partial charge in [-0.1, -0.05) is 12.1 Å². The summed E-state index contributed by atoms with van der Waals surface area (Å²) in [6, 6.07) is 15.8. The van der Waals surface area contributed by atoms with Crippen molar-refractivity contribution in [3.63, 3.8) is 0 Å². The minimum absolute atomic E-state index is 0.00449. The Hall–Kier alpha value is -3.66. The molecule has 2 aromatic carbocycles. The van der Waals surface area contributed by atoms with E-state index in [9.17, 15) is 9.90 Å². The molecule has 0 saturated carbocycles. The molecular formula is C21H23N3O4. The van der Waals surface area contributed by atoms with Gasteiger partial charge in [-0.15, -0.1) is 0 Å². The van der Waals surface area contributed by atoms with Crippen LogP contribution in [0.15, 0.2) is 60.3 Å². The number of carbonyl (C=O) groups is 1. The number of nitrogens with one attached hydrogen (secondary N) is 2. The highest BCUT2D eigenvalue weighted by molar-refractivity contribution is 5.97. The number of nitriles is 1. The molecule has 0 unspecified atom stereocenters. The lowest BCUT2D eigenvalue weighted by Crippen LogP contribution is -2.28. The number of carbonyl (C=O) groups excluding carboxylic acids is 1. The molecule has 0 aliphatic rings. The number of aromatic hydroxyl groups is 1. The van der Waals surface area contributed by atoms with E-state index in [2.05, 4.69) is 10.6 Å². The Morgan fingerprint density at radius 3 is 2.43 bits per heavy atom. The Morgan fingerprint density at radius 1 is 1.11 bits per heavy atom. The molecule has 2 rings (SSSR count). The second-order valence-electron chi connectivity index (χ2n) is 5.82. The summed E-state index contributed by atoms with van der Waals surface area (Å²) in [5.41, 5.74) is 0.976. The van der Waals surface area contributed by atoms with Gasteiger partial charge >= 0.3 is 0 Å². The number of methoxy groups -OCH3 is 1. The minimum atomic E-state index is -0.440. The van der Waals surface area contributed by atoms with E-state index < -0.39 is 5.91 Å². The highest BCUT2D eigenvalue weighted by atomic mass is 16.5. The normalized spacial score (nSPS) is 10.6. The number of hydrogen-bond acceptors (Lipinski definition) is 6. The topological polar surface area (TPSA) is 104 Å². The predicted octanol–water partition coefficient (Wildman–Crippen LogP) is 2.14. The molecule has 7 nitrogen and oxygen atoms in total. The number of phenolic OH excluding ortho intramolecular Hbond substituents is 1. The van der Waals surface area contributed by atoms with Gasteiger partial charge in [-0.3, -0.25) is 4.79 Å². The van der Waals surface area contributed by atoms with Gasteiger partial charge in [0.05, 0.1) is 7.11 Å². The fraction of sp³-hybridized carbons (Fsp3) is 0.238. The number of ether oxygens (including phenoxy) is 2. The Labute approximate surface area is 164 Å². The molecule has 146 valence electrons. The van der Waals surface area contributed by atoms with Crippen molar-refractivity contribution in [1.29, 1.82) is 5.26 Å². The highest BCUT2D eigenvalue weighted by Gasteiger charge is 2.07. The van der Waals surface area contributed by atoms with Crippen molar-refractivity contribution in [3.8, 4) is 23.3 Å². The van der Waals surface area contributed by atoms with E-state index in [1.165, 1.54) is 6.20 Å². The average molecular weight is 381 g/mol. The second-order valence-corrected chi connectivity index (χ2v) is 5.82. The molecule has 0 radical (unpaired) electrons. The summed E-state index contributed by atoms with van der Waals surface area (Å²) in [6.45, 7) is 1.21. The van der Waals surface area contributed by atoms with Crippen LogP contribution in [-0.2, 0) is 11.2 Å². The zero-order valence-corrected chi connectivity index (χ0v) is 15.6. The summed E-state index contributed by atoms with van der Waals surface area (Å²) < 4.78 is 10.6. The van der Waals surface area contributed by atoms with Crippen LogP contribution in [0.1, 0.15) is 5.56 Å². The quantitative estimate of drug-likeness (QED) is 0.331. The number of benzene rings is 2.